The molecule has 28 heavy (non-hydrogen) atoms. The molecule has 2 atom stereocenters. The third kappa shape index (κ3) is 4.31. The van der Waals surface area contributed by atoms with Gasteiger partial charge in [0.2, 0.25) is 0 Å². The molecular formula is C21H31N5O2. The number of hydrogen-bond donors (Lipinski definition) is 1. The number of ether oxygens (including phenoxy) is 2. The van der Waals surface area contributed by atoms with Gasteiger partial charge in [0.1, 0.15) is 11.8 Å². The number of imidazole rings is 1. The fourth-order valence-electron chi connectivity index (χ4n) is 4.02. The highest BCUT2D eigenvalue weighted by Gasteiger charge is 2.32. The van der Waals surface area contributed by atoms with E-state index in [-0.39, 0.29) is 12.2 Å². The number of aryl methyl sites for hydroxylation is 1. The average molecular weight is 386 g/mol. The monoisotopic (exact) mass is 385 g/mol. The summed E-state index contributed by atoms with van der Waals surface area (Å²) < 4.78 is 13.9. The predicted molar refractivity (Wildman–Crippen MR) is 110 cm³/mol. The molecule has 7 nitrogen and oxygen atoms in total. The van der Waals surface area contributed by atoms with Crippen LogP contribution in [0.5, 0.6) is 0 Å². The molecule has 0 aromatic carbocycles. The quantitative estimate of drug-likeness (QED) is 0.630. The van der Waals surface area contributed by atoms with Crippen LogP contribution in [-0.2, 0) is 15.9 Å². The van der Waals surface area contributed by atoms with Crippen LogP contribution >= 0.6 is 0 Å². The molecule has 1 N–H and O–H groups in total. The van der Waals surface area contributed by atoms with E-state index in [0.29, 0.717) is 6.54 Å². The Morgan fingerprint density at radius 3 is 3.00 bits per heavy atom. The normalized spacial score (nSPS) is 23.5. The number of nitrogens with one attached hydrogen (secondary N) is 1. The largest absolute Gasteiger partial charge is 0.375 e. The lowest BCUT2D eigenvalue weighted by molar-refractivity contribution is -0.0817. The van der Waals surface area contributed by atoms with Crippen molar-refractivity contribution in [2.45, 2.75) is 45.3 Å². The molecule has 4 rings (SSSR count). The zero-order valence-electron chi connectivity index (χ0n) is 16.9. The number of aliphatic imine (C=N–C) groups is 1. The standard InChI is InChI=1S/C21H31N5O2/c1-3-22-21(26-11-13-28-19(15-26)18-7-5-12-27-18)23-9-8-17-14-25-10-4-6-16(2)20(25)24-17/h4,6,10,14,18-19H,3,5,7-9,11-13,15H2,1-2H3,(H,22,23). The number of fused-ring (bicyclic) bond motifs is 1. The molecule has 2 unspecified atom stereocenters. The number of pyridine rings is 1. The third-order valence-electron chi connectivity index (χ3n) is 5.46. The lowest BCUT2D eigenvalue weighted by Gasteiger charge is -2.37. The van der Waals surface area contributed by atoms with Crippen LogP contribution in [0.15, 0.2) is 29.5 Å². The molecular weight excluding hydrogens is 354 g/mol. The van der Waals surface area contributed by atoms with Crippen LogP contribution in [0.2, 0.25) is 0 Å². The summed E-state index contributed by atoms with van der Waals surface area (Å²) in [7, 11) is 0. The summed E-state index contributed by atoms with van der Waals surface area (Å²) in [5.41, 5.74) is 3.30. The van der Waals surface area contributed by atoms with E-state index in [1.54, 1.807) is 0 Å². The fourth-order valence-corrected chi connectivity index (χ4v) is 4.02. The maximum atomic E-state index is 5.98. The minimum atomic E-state index is 0.140. The lowest BCUT2D eigenvalue weighted by atomic mass is 10.1. The van der Waals surface area contributed by atoms with E-state index in [9.17, 15) is 0 Å². The molecule has 2 aromatic heterocycles. The first-order valence-corrected chi connectivity index (χ1v) is 10.4. The van der Waals surface area contributed by atoms with Gasteiger partial charge in [0, 0.05) is 51.6 Å². The highest BCUT2D eigenvalue weighted by Crippen LogP contribution is 2.21. The van der Waals surface area contributed by atoms with Gasteiger partial charge in [0.05, 0.1) is 18.4 Å². The molecule has 0 aliphatic carbocycles. The van der Waals surface area contributed by atoms with Crippen molar-refractivity contribution in [2.75, 3.05) is 39.4 Å². The Balaban J connectivity index is 1.40. The summed E-state index contributed by atoms with van der Waals surface area (Å²) in [4.78, 5) is 11.9. The molecule has 2 fully saturated rings. The molecule has 2 aliphatic heterocycles. The van der Waals surface area contributed by atoms with Gasteiger partial charge in [-0.3, -0.25) is 4.99 Å². The summed E-state index contributed by atoms with van der Waals surface area (Å²) in [5.74, 6) is 0.966. The van der Waals surface area contributed by atoms with Gasteiger partial charge in [-0.2, -0.15) is 0 Å². The first-order chi connectivity index (χ1) is 13.7. The van der Waals surface area contributed by atoms with Crippen LogP contribution in [0.1, 0.15) is 31.0 Å². The number of nitrogens with zero attached hydrogens (tertiary/aromatic N) is 4. The molecule has 0 radical (unpaired) electrons. The van der Waals surface area contributed by atoms with Crippen LogP contribution in [-0.4, -0.2) is 71.8 Å². The van der Waals surface area contributed by atoms with Gasteiger partial charge in [-0.15, -0.1) is 0 Å². The van der Waals surface area contributed by atoms with Crippen molar-refractivity contribution in [3.8, 4) is 0 Å². The van der Waals surface area contributed by atoms with E-state index in [2.05, 4.69) is 46.8 Å². The molecule has 152 valence electrons. The molecule has 4 heterocycles. The first kappa shape index (κ1) is 19.2. The molecule has 0 saturated carbocycles. The SMILES string of the molecule is CCNC(=NCCc1cn2cccc(C)c2n1)N1CCOC(C2CCCO2)C1. The molecule has 2 aromatic rings. The highest BCUT2D eigenvalue weighted by atomic mass is 16.5. The highest BCUT2D eigenvalue weighted by molar-refractivity contribution is 5.80. The fraction of sp³-hybridized carbons (Fsp3) is 0.619. The predicted octanol–water partition coefficient (Wildman–Crippen LogP) is 2.03. The Morgan fingerprint density at radius 1 is 1.32 bits per heavy atom. The van der Waals surface area contributed by atoms with Gasteiger partial charge in [-0.05, 0) is 38.3 Å². The minimum absolute atomic E-state index is 0.140. The second kappa shape index (κ2) is 8.92. The summed E-state index contributed by atoms with van der Waals surface area (Å²) >= 11 is 0. The van der Waals surface area contributed by atoms with Crippen LogP contribution in [0, 0.1) is 6.92 Å². The first-order valence-electron chi connectivity index (χ1n) is 10.4. The Bertz CT molecular complexity index is 812. The van der Waals surface area contributed by atoms with Crippen molar-refractivity contribution in [3.63, 3.8) is 0 Å². The van der Waals surface area contributed by atoms with Gasteiger partial charge in [-0.25, -0.2) is 4.98 Å². The number of morpholine rings is 1. The average Bonchev–Trinajstić information content (AvgIpc) is 3.38. The van der Waals surface area contributed by atoms with Gasteiger partial charge in [0.15, 0.2) is 5.96 Å². The van der Waals surface area contributed by atoms with Crippen LogP contribution < -0.4 is 5.32 Å². The smallest absolute Gasteiger partial charge is 0.194 e. The van der Waals surface area contributed by atoms with E-state index in [1.165, 1.54) is 5.56 Å². The maximum absolute atomic E-state index is 5.98. The van der Waals surface area contributed by atoms with Crippen LogP contribution in [0.3, 0.4) is 0 Å². The van der Waals surface area contributed by atoms with Crippen molar-refractivity contribution in [3.05, 3.63) is 35.8 Å². The molecule has 7 heteroatoms. The van der Waals surface area contributed by atoms with Crippen LogP contribution in [0.4, 0.5) is 0 Å². The number of rotatable bonds is 5. The Hall–Kier alpha value is -2.12. The Morgan fingerprint density at radius 2 is 2.21 bits per heavy atom. The van der Waals surface area contributed by atoms with E-state index >= 15 is 0 Å². The van der Waals surface area contributed by atoms with Gasteiger partial charge in [0.25, 0.3) is 0 Å². The molecule has 0 bridgehead atoms. The molecule has 0 amide bonds. The number of aromatic nitrogens is 2. The second-order valence-corrected chi connectivity index (χ2v) is 7.55. The van der Waals surface area contributed by atoms with Crippen molar-refractivity contribution >= 4 is 11.6 Å². The topological polar surface area (TPSA) is 63.4 Å². The molecule has 2 aliphatic rings. The number of guanidine groups is 1. The van der Waals surface area contributed by atoms with Crippen molar-refractivity contribution in [1.29, 1.82) is 0 Å². The summed E-state index contributed by atoms with van der Waals surface area (Å²) in [6.07, 6.45) is 7.58. The lowest BCUT2D eigenvalue weighted by Crippen LogP contribution is -2.53. The second-order valence-electron chi connectivity index (χ2n) is 7.55. The van der Waals surface area contributed by atoms with E-state index in [0.717, 1.165) is 69.4 Å². The van der Waals surface area contributed by atoms with E-state index in [4.69, 9.17) is 19.5 Å². The van der Waals surface area contributed by atoms with E-state index < -0.39 is 0 Å². The van der Waals surface area contributed by atoms with Crippen LogP contribution in [0.25, 0.3) is 5.65 Å². The Labute approximate surface area is 166 Å². The molecule has 0 spiro atoms. The van der Waals surface area contributed by atoms with E-state index in [1.807, 2.05) is 6.20 Å². The van der Waals surface area contributed by atoms with Crippen molar-refractivity contribution < 1.29 is 9.47 Å². The minimum Gasteiger partial charge on any atom is -0.375 e. The number of hydrogen-bond acceptors (Lipinski definition) is 4. The summed E-state index contributed by atoms with van der Waals surface area (Å²) in [6.45, 7) is 9.06. The van der Waals surface area contributed by atoms with Crippen molar-refractivity contribution in [2.24, 2.45) is 4.99 Å². The summed E-state index contributed by atoms with van der Waals surface area (Å²) in [6, 6.07) is 4.15. The van der Waals surface area contributed by atoms with Gasteiger partial charge >= 0.3 is 0 Å². The van der Waals surface area contributed by atoms with Gasteiger partial charge in [-0.1, -0.05) is 6.07 Å². The molecule has 2 saturated heterocycles. The zero-order chi connectivity index (χ0) is 19.3. The Kier molecular flexibility index (Phi) is 6.12. The maximum Gasteiger partial charge on any atom is 0.194 e. The van der Waals surface area contributed by atoms with Crippen molar-refractivity contribution in [1.82, 2.24) is 19.6 Å². The third-order valence-corrected chi connectivity index (χ3v) is 5.46. The zero-order valence-corrected chi connectivity index (χ0v) is 16.9. The van der Waals surface area contributed by atoms with Gasteiger partial charge < -0.3 is 24.1 Å². The summed E-state index contributed by atoms with van der Waals surface area (Å²) in [5, 5.41) is 3.44.